The van der Waals surface area contributed by atoms with Crippen LogP contribution in [0.25, 0.3) is 11.4 Å². The Balaban J connectivity index is 2.57. The summed E-state index contributed by atoms with van der Waals surface area (Å²) in [6.07, 6.45) is 1.54. The van der Waals surface area contributed by atoms with E-state index in [-0.39, 0.29) is 12.1 Å². The van der Waals surface area contributed by atoms with Gasteiger partial charge in [-0.2, -0.15) is 0 Å². The van der Waals surface area contributed by atoms with Gasteiger partial charge >= 0.3 is 0 Å². The molecule has 0 aliphatic carbocycles. The number of nitrogens with zero attached hydrogens (tertiary/aromatic N) is 1. The van der Waals surface area contributed by atoms with Gasteiger partial charge in [0.05, 0.1) is 0 Å². The fraction of sp³-hybridized carbons (Fsp3) is 0.231. The fourth-order valence-electron chi connectivity index (χ4n) is 1.69. The number of hydrogen-bond donors (Lipinski definition) is 2. The zero-order valence-electron chi connectivity index (χ0n) is 9.95. The van der Waals surface area contributed by atoms with Crippen LogP contribution in [-0.4, -0.2) is 9.97 Å². The number of aryl methyl sites for hydroxylation is 2. The summed E-state index contributed by atoms with van der Waals surface area (Å²) in [6, 6.07) is 6.06. The van der Waals surface area contributed by atoms with Crippen molar-refractivity contribution in [2.24, 2.45) is 5.73 Å². The number of H-pyrrole nitrogens is 1. The molecule has 88 valence electrons. The molecule has 0 aliphatic heterocycles. The van der Waals surface area contributed by atoms with E-state index in [0.29, 0.717) is 11.4 Å². The largest absolute Gasteiger partial charge is 0.326 e. The fourth-order valence-corrected chi connectivity index (χ4v) is 1.69. The Morgan fingerprint density at radius 1 is 1.35 bits per heavy atom. The normalized spacial score (nSPS) is 10.5. The quantitative estimate of drug-likeness (QED) is 0.820. The molecule has 1 aromatic heterocycles. The predicted octanol–water partition coefficient (Wildman–Crippen LogP) is 1.51. The van der Waals surface area contributed by atoms with E-state index in [4.69, 9.17) is 5.73 Å². The molecule has 0 radical (unpaired) electrons. The average molecular weight is 229 g/mol. The van der Waals surface area contributed by atoms with E-state index < -0.39 is 0 Å². The van der Waals surface area contributed by atoms with E-state index in [1.807, 2.05) is 32.0 Å². The van der Waals surface area contributed by atoms with Crippen LogP contribution in [0.2, 0.25) is 0 Å². The molecule has 0 bridgehead atoms. The molecule has 0 aliphatic rings. The van der Waals surface area contributed by atoms with Crippen molar-refractivity contribution in [2.45, 2.75) is 20.4 Å². The second-order valence-corrected chi connectivity index (χ2v) is 4.11. The number of hydrogen-bond acceptors (Lipinski definition) is 3. The molecule has 0 saturated heterocycles. The molecule has 3 N–H and O–H groups in total. The third-order valence-corrected chi connectivity index (χ3v) is 2.74. The standard InChI is InChI=1S/C13H15N3O/c1-8-3-4-9(2)11(5-8)12-15-7-10(6-14)13(17)16-12/h3-5,7H,6,14H2,1-2H3,(H,15,16,17). The van der Waals surface area contributed by atoms with E-state index in [1.165, 1.54) is 6.20 Å². The monoisotopic (exact) mass is 229 g/mol. The minimum atomic E-state index is -0.168. The van der Waals surface area contributed by atoms with Gasteiger partial charge in [0.1, 0.15) is 5.82 Å². The van der Waals surface area contributed by atoms with E-state index in [1.54, 1.807) is 0 Å². The van der Waals surface area contributed by atoms with Crippen molar-refractivity contribution in [3.05, 3.63) is 51.4 Å². The van der Waals surface area contributed by atoms with E-state index in [0.717, 1.165) is 16.7 Å². The Labute approximate surface area is 99.5 Å². The number of nitrogens with two attached hydrogens (primary N) is 1. The first-order valence-corrected chi connectivity index (χ1v) is 5.47. The maximum absolute atomic E-state index is 11.7. The first-order chi connectivity index (χ1) is 8.11. The molecular weight excluding hydrogens is 214 g/mol. The van der Waals surface area contributed by atoms with Gasteiger partial charge < -0.3 is 10.7 Å². The third kappa shape index (κ3) is 2.26. The molecule has 2 aromatic rings. The highest BCUT2D eigenvalue weighted by atomic mass is 16.1. The minimum Gasteiger partial charge on any atom is -0.326 e. The summed E-state index contributed by atoms with van der Waals surface area (Å²) in [5, 5.41) is 0. The summed E-state index contributed by atoms with van der Waals surface area (Å²) in [4.78, 5) is 18.7. The number of nitrogens with one attached hydrogen (secondary N) is 1. The molecule has 0 spiro atoms. The molecule has 0 atom stereocenters. The van der Waals surface area contributed by atoms with Crippen molar-refractivity contribution >= 4 is 0 Å². The molecule has 4 nitrogen and oxygen atoms in total. The molecule has 17 heavy (non-hydrogen) atoms. The van der Waals surface area contributed by atoms with Gasteiger partial charge in [-0.1, -0.05) is 17.7 Å². The van der Waals surface area contributed by atoms with Crippen molar-refractivity contribution in [1.82, 2.24) is 9.97 Å². The van der Waals surface area contributed by atoms with Crippen LogP contribution in [0.5, 0.6) is 0 Å². The van der Waals surface area contributed by atoms with Crippen LogP contribution in [0.15, 0.2) is 29.2 Å². The van der Waals surface area contributed by atoms with Crippen LogP contribution in [-0.2, 0) is 6.54 Å². The van der Waals surface area contributed by atoms with E-state index in [9.17, 15) is 4.79 Å². The molecule has 1 aromatic carbocycles. The first kappa shape index (κ1) is 11.5. The zero-order valence-corrected chi connectivity index (χ0v) is 9.95. The van der Waals surface area contributed by atoms with Gasteiger partial charge in [-0.25, -0.2) is 4.98 Å². The van der Waals surface area contributed by atoms with Crippen molar-refractivity contribution in [3.8, 4) is 11.4 Å². The molecule has 4 heteroatoms. The second kappa shape index (κ2) is 4.51. The molecule has 2 rings (SSSR count). The number of rotatable bonds is 2. The maximum atomic E-state index is 11.7. The molecule has 0 unspecified atom stereocenters. The van der Waals surface area contributed by atoms with Gasteiger partial charge in [0.15, 0.2) is 0 Å². The summed E-state index contributed by atoms with van der Waals surface area (Å²) in [6.45, 7) is 4.20. The van der Waals surface area contributed by atoms with Gasteiger partial charge in [-0.05, 0) is 25.5 Å². The van der Waals surface area contributed by atoms with Gasteiger partial charge in [0.25, 0.3) is 5.56 Å². The molecule has 0 amide bonds. The SMILES string of the molecule is Cc1ccc(C)c(-c2ncc(CN)c(=O)[nH]2)c1. The van der Waals surface area contributed by atoms with Gasteiger partial charge in [0.2, 0.25) is 0 Å². The Hall–Kier alpha value is -1.94. The van der Waals surface area contributed by atoms with Crippen LogP contribution in [0.3, 0.4) is 0 Å². The lowest BCUT2D eigenvalue weighted by atomic mass is 10.1. The van der Waals surface area contributed by atoms with Gasteiger partial charge in [0, 0.05) is 23.9 Å². The van der Waals surface area contributed by atoms with Crippen molar-refractivity contribution in [2.75, 3.05) is 0 Å². The maximum Gasteiger partial charge on any atom is 0.255 e. The Morgan fingerprint density at radius 3 is 2.76 bits per heavy atom. The molecule has 1 heterocycles. The first-order valence-electron chi connectivity index (χ1n) is 5.47. The second-order valence-electron chi connectivity index (χ2n) is 4.11. The summed E-state index contributed by atoms with van der Waals surface area (Å²) < 4.78 is 0. The number of aromatic amines is 1. The van der Waals surface area contributed by atoms with Gasteiger partial charge in [-0.3, -0.25) is 4.79 Å². The molecule has 0 saturated carbocycles. The predicted molar refractivity (Wildman–Crippen MR) is 67.7 cm³/mol. The minimum absolute atomic E-state index is 0.168. The molecular formula is C13H15N3O. The van der Waals surface area contributed by atoms with Gasteiger partial charge in [-0.15, -0.1) is 0 Å². The molecule has 0 fully saturated rings. The third-order valence-electron chi connectivity index (χ3n) is 2.74. The van der Waals surface area contributed by atoms with Crippen LogP contribution in [0.1, 0.15) is 16.7 Å². The average Bonchev–Trinajstić information content (AvgIpc) is 2.32. The van der Waals surface area contributed by atoms with Crippen LogP contribution in [0.4, 0.5) is 0 Å². The van der Waals surface area contributed by atoms with Crippen LogP contribution < -0.4 is 11.3 Å². The lowest BCUT2D eigenvalue weighted by molar-refractivity contribution is 0.978. The highest BCUT2D eigenvalue weighted by molar-refractivity contribution is 5.60. The van der Waals surface area contributed by atoms with Crippen LogP contribution in [0, 0.1) is 13.8 Å². The number of aromatic nitrogens is 2. The Bertz CT molecular complexity index is 602. The van der Waals surface area contributed by atoms with E-state index in [2.05, 4.69) is 9.97 Å². The zero-order chi connectivity index (χ0) is 12.4. The van der Waals surface area contributed by atoms with Crippen molar-refractivity contribution < 1.29 is 0 Å². The van der Waals surface area contributed by atoms with Crippen molar-refractivity contribution in [3.63, 3.8) is 0 Å². The Morgan fingerprint density at radius 2 is 2.12 bits per heavy atom. The van der Waals surface area contributed by atoms with Crippen LogP contribution >= 0.6 is 0 Å². The topological polar surface area (TPSA) is 71.8 Å². The van der Waals surface area contributed by atoms with Crippen molar-refractivity contribution in [1.29, 1.82) is 0 Å². The lowest BCUT2D eigenvalue weighted by Crippen LogP contribution is -2.17. The summed E-state index contributed by atoms with van der Waals surface area (Å²) in [7, 11) is 0. The summed E-state index contributed by atoms with van der Waals surface area (Å²) >= 11 is 0. The highest BCUT2D eigenvalue weighted by Gasteiger charge is 2.06. The number of benzene rings is 1. The Kier molecular flexibility index (Phi) is 3.06. The highest BCUT2D eigenvalue weighted by Crippen LogP contribution is 2.19. The lowest BCUT2D eigenvalue weighted by Gasteiger charge is -2.06. The summed E-state index contributed by atoms with van der Waals surface area (Å²) in [5.41, 5.74) is 8.93. The summed E-state index contributed by atoms with van der Waals surface area (Å²) in [5.74, 6) is 0.591. The smallest absolute Gasteiger partial charge is 0.255 e. The van der Waals surface area contributed by atoms with E-state index >= 15 is 0 Å².